The van der Waals surface area contributed by atoms with E-state index in [0.717, 1.165) is 6.07 Å². The Kier molecular flexibility index (Phi) is 5.84. The van der Waals surface area contributed by atoms with Crippen LogP contribution in [0.4, 0.5) is 19.1 Å². The highest BCUT2D eigenvalue weighted by Gasteiger charge is 2.33. The Balaban J connectivity index is 1.60. The molecule has 0 aliphatic heterocycles. The number of nitrogens with zero attached hydrogens (tertiary/aromatic N) is 4. The van der Waals surface area contributed by atoms with Crippen LogP contribution in [0, 0.1) is 12.3 Å². The Labute approximate surface area is 191 Å². The average molecular weight is 465 g/mol. The van der Waals surface area contributed by atoms with Gasteiger partial charge >= 0.3 is 6.18 Å². The second kappa shape index (κ2) is 8.77. The van der Waals surface area contributed by atoms with Gasteiger partial charge in [0.2, 0.25) is 5.95 Å². The fourth-order valence-corrected chi connectivity index (χ4v) is 3.34. The molecule has 34 heavy (non-hydrogen) atoms. The van der Waals surface area contributed by atoms with Crippen LogP contribution >= 0.6 is 0 Å². The molecule has 1 amide bonds. The van der Waals surface area contributed by atoms with Gasteiger partial charge in [0.1, 0.15) is 11.5 Å². The summed E-state index contributed by atoms with van der Waals surface area (Å²) >= 11 is 0. The molecular weight excluding hydrogens is 447 g/mol. The average Bonchev–Trinajstić information content (AvgIpc) is 3.21. The molecule has 0 spiro atoms. The summed E-state index contributed by atoms with van der Waals surface area (Å²) in [4.78, 5) is 20.9. The molecule has 2 aromatic carbocycles. The zero-order chi connectivity index (χ0) is 24.5. The van der Waals surface area contributed by atoms with Gasteiger partial charge in [-0.2, -0.15) is 18.3 Å². The van der Waals surface area contributed by atoms with Gasteiger partial charge in [-0.05, 0) is 36.8 Å². The van der Waals surface area contributed by atoms with Gasteiger partial charge < -0.3 is 5.73 Å². The van der Waals surface area contributed by atoms with E-state index < -0.39 is 17.6 Å². The number of hydrogen-bond donors (Lipinski definition) is 3. The summed E-state index contributed by atoms with van der Waals surface area (Å²) in [6, 6.07) is 13.3. The van der Waals surface area contributed by atoms with Crippen molar-refractivity contribution < 1.29 is 18.0 Å². The van der Waals surface area contributed by atoms with E-state index in [1.165, 1.54) is 35.3 Å². The molecule has 172 valence electrons. The number of benzene rings is 2. The molecule has 4 rings (SSSR count). The number of halogens is 3. The van der Waals surface area contributed by atoms with E-state index in [-0.39, 0.29) is 28.6 Å². The summed E-state index contributed by atoms with van der Waals surface area (Å²) in [7, 11) is 0. The number of alkyl halides is 3. The van der Waals surface area contributed by atoms with Gasteiger partial charge in [-0.25, -0.2) is 14.6 Å². The monoisotopic (exact) mass is 465 g/mol. The van der Waals surface area contributed by atoms with Gasteiger partial charge in [0.15, 0.2) is 0 Å². The van der Waals surface area contributed by atoms with Crippen molar-refractivity contribution >= 4 is 17.7 Å². The van der Waals surface area contributed by atoms with Crippen LogP contribution < -0.4 is 11.1 Å². The Morgan fingerprint density at radius 3 is 2.44 bits per heavy atom. The number of carbonyl (C=O) groups excluding carboxylic acids is 1. The summed E-state index contributed by atoms with van der Waals surface area (Å²) in [5, 5.41) is 14.5. The number of aromatic nitrogens is 4. The third-order valence-corrected chi connectivity index (χ3v) is 4.89. The first kappa shape index (κ1) is 22.6. The maximum atomic E-state index is 13.3. The third-order valence-electron chi connectivity index (χ3n) is 4.89. The van der Waals surface area contributed by atoms with Crippen molar-refractivity contribution in [3.8, 4) is 16.8 Å². The van der Waals surface area contributed by atoms with E-state index in [1.807, 2.05) is 0 Å². The second-order valence-corrected chi connectivity index (χ2v) is 7.34. The lowest BCUT2D eigenvalue weighted by molar-refractivity contribution is -0.137. The minimum Gasteiger partial charge on any atom is -0.384 e. The third kappa shape index (κ3) is 4.63. The van der Waals surface area contributed by atoms with Crippen molar-refractivity contribution in [1.82, 2.24) is 19.7 Å². The molecule has 0 radical (unpaired) electrons. The maximum Gasteiger partial charge on any atom is 0.417 e. The molecule has 2 aromatic heterocycles. The normalized spacial score (nSPS) is 11.3. The van der Waals surface area contributed by atoms with E-state index in [0.29, 0.717) is 16.9 Å². The molecule has 0 aliphatic carbocycles. The number of hydrogen-bond acceptors (Lipinski definition) is 5. The Morgan fingerprint density at radius 1 is 1.06 bits per heavy atom. The number of amides is 1. The van der Waals surface area contributed by atoms with Gasteiger partial charge in [-0.3, -0.25) is 15.5 Å². The number of nitrogens with two attached hydrogens (primary N) is 1. The molecule has 0 bridgehead atoms. The van der Waals surface area contributed by atoms with Crippen molar-refractivity contribution in [2.24, 2.45) is 5.73 Å². The highest BCUT2D eigenvalue weighted by Crippen LogP contribution is 2.36. The molecule has 8 nitrogen and oxygen atoms in total. The predicted molar refractivity (Wildman–Crippen MR) is 120 cm³/mol. The van der Waals surface area contributed by atoms with Gasteiger partial charge in [0.25, 0.3) is 5.91 Å². The van der Waals surface area contributed by atoms with E-state index in [4.69, 9.17) is 11.1 Å². The summed E-state index contributed by atoms with van der Waals surface area (Å²) in [6.45, 7) is 1.71. The number of aryl methyl sites for hydroxylation is 1. The molecule has 4 aromatic rings. The van der Waals surface area contributed by atoms with Crippen LogP contribution in [0.3, 0.4) is 0 Å². The number of rotatable bonds is 5. The first-order valence-corrected chi connectivity index (χ1v) is 9.95. The van der Waals surface area contributed by atoms with E-state index >= 15 is 0 Å². The van der Waals surface area contributed by atoms with Crippen LogP contribution in [0.25, 0.3) is 16.8 Å². The Hall–Kier alpha value is -4.54. The molecular formula is C23H18F3N7O. The zero-order valence-corrected chi connectivity index (χ0v) is 17.8. The van der Waals surface area contributed by atoms with Crippen LogP contribution in [0.5, 0.6) is 0 Å². The number of anilines is 1. The second-order valence-electron chi connectivity index (χ2n) is 7.34. The fourth-order valence-electron chi connectivity index (χ4n) is 3.34. The lowest BCUT2D eigenvalue weighted by Crippen LogP contribution is -2.19. The Bertz CT molecular complexity index is 1380. The first-order valence-electron chi connectivity index (χ1n) is 9.95. The van der Waals surface area contributed by atoms with Crippen LogP contribution in [0.2, 0.25) is 0 Å². The molecule has 0 fully saturated rings. The lowest BCUT2D eigenvalue weighted by atomic mass is 10.0. The van der Waals surface area contributed by atoms with Crippen molar-refractivity contribution in [2.75, 3.05) is 5.32 Å². The number of amidine groups is 1. The van der Waals surface area contributed by atoms with Gasteiger partial charge in [0, 0.05) is 23.5 Å². The molecule has 11 heteroatoms. The quantitative estimate of drug-likeness (QED) is 0.301. The molecule has 2 heterocycles. The van der Waals surface area contributed by atoms with Crippen molar-refractivity contribution in [3.05, 3.63) is 89.5 Å². The minimum atomic E-state index is -4.53. The minimum absolute atomic E-state index is 0.0630. The van der Waals surface area contributed by atoms with E-state index in [1.54, 1.807) is 37.3 Å². The largest absolute Gasteiger partial charge is 0.417 e. The SMILES string of the molecule is Cc1cc(C(=O)Nc2ncc(-c3ccccc3C(F)(F)F)cn2)n(-c2cccc(C(=N)N)c2)n1. The van der Waals surface area contributed by atoms with E-state index in [2.05, 4.69) is 20.4 Å². The lowest BCUT2D eigenvalue weighted by Gasteiger charge is -2.12. The number of nitrogen functional groups attached to an aromatic ring is 1. The van der Waals surface area contributed by atoms with Gasteiger partial charge in [-0.1, -0.05) is 30.3 Å². The van der Waals surface area contributed by atoms with Gasteiger partial charge in [0.05, 0.1) is 16.9 Å². The van der Waals surface area contributed by atoms with Crippen molar-refractivity contribution in [2.45, 2.75) is 13.1 Å². The summed E-state index contributed by atoms with van der Waals surface area (Å²) in [5.41, 5.74) is 6.57. The zero-order valence-electron chi connectivity index (χ0n) is 17.8. The maximum absolute atomic E-state index is 13.3. The molecule has 0 atom stereocenters. The van der Waals surface area contributed by atoms with Crippen LogP contribution in [-0.4, -0.2) is 31.5 Å². The topological polar surface area (TPSA) is 123 Å². The highest BCUT2D eigenvalue weighted by atomic mass is 19.4. The predicted octanol–water partition coefficient (Wildman–Crippen LogP) is 4.19. The van der Waals surface area contributed by atoms with E-state index in [9.17, 15) is 18.0 Å². The first-order chi connectivity index (χ1) is 16.1. The molecule has 0 aliphatic rings. The van der Waals surface area contributed by atoms with Crippen LogP contribution in [-0.2, 0) is 6.18 Å². The summed E-state index contributed by atoms with van der Waals surface area (Å²) in [5.74, 6) is -0.782. The summed E-state index contributed by atoms with van der Waals surface area (Å²) < 4.78 is 41.3. The molecule has 0 saturated heterocycles. The smallest absolute Gasteiger partial charge is 0.384 e. The molecule has 4 N–H and O–H groups in total. The standard InChI is InChI=1S/C23H18F3N7O/c1-13-9-19(33(32-13)16-6-4-5-14(10-16)20(27)28)21(34)31-22-29-11-15(12-30-22)17-7-2-3-8-18(17)23(24,25)26/h2-12H,1H3,(H3,27,28)(H,29,30,31,34). The van der Waals surface area contributed by atoms with Crippen LogP contribution in [0.15, 0.2) is 67.0 Å². The highest BCUT2D eigenvalue weighted by molar-refractivity contribution is 6.02. The van der Waals surface area contributed by atoms with Crippen molar-refractivity contribution in [1.29, 1.82) is 5.41 Å². The van der Waals surface area contributed by atoms with Crippen molar-refractivity contribution in [3.63, 3.8) is 0 Å². The van der Waals surface area contributed by atoms with Crippen LogP contribution in [0.1, 0.15) is 27.3 Å². The molecule has 0 unspecified atom stereocenters. The Morgan fingerprint density at radius 2 is 1.76 bits per heavy atom. The van der Waals surface area contributed by atoms with Gasteiger partial charge in [-0.15, -0.1) is 0 Å². The molecule has 0 saturated carbocycles. The summed E-state index contributed by atoms with van der Waals surface area (Å²) in [6.07, 6.45) is -2.10. The number of nitrogens with one attached hydrogen (secondary N) is 2. The fraction of sp³-hybridized carbons (Fsp3) is 0.0870. The number of carbonyl (C=O) groups is 1.